The molecule has 0 aromatic heterocycles. The average molecular weight is 189 g/mol. The van der Waals surface area contributed by atoms with Crippen molar-refractivity contribution in [2.24, 2.45) is 0 Å². The molecule has 0 spiro atoms. The topological polar surface area (TPSA) is 29.5 Å². The quantitative estimate of drug-likeness (QED) is 0.537. The van der Waals surface area contributed by atoms with Gasteiger partial charge in [0.05, 0.1) is 6.61 Å². The Kier molecular flexibility index (Phi) is 5.08. The van der Waals surface area contributed by atoms with Gasteiger partial charge in [0.2, 0.25) is 0 Å². The lowest BCUT2D eigenvalue weighted by Gasteiger charge is -2.11. The molecule has 0 radical (unpaired) electrons. The highest BCUT2D eigenvalue weighted by molar-refractivity contribution is 8.09. The first-order valence-corrected chi connectivity index (χ1v) is 6.04. The van der Waals surface area contributed by atoms with Crippen LogP contribution < -0.4 is 0 Å². The molecule has 5 heteroatoms. The number of rotatable bonds is 4. The molecule has 0 saturated heterocycles. The van der Waals surface area contributed by atoms with Crippen LogP contribution in [0.5, 0.6) is 0 Å². The zero-order chi connectivity index (χ0) is 7.33. The van der Waals surface area contributed by atoms with E-state index in [2.05, 4.69) is 0 Å². The van der Waals surface area contributed by atoms with Crippen LogP contribution >= 0.6 is 18.1 Å². The summed E-state index contributed by atoms with van der Waals surface area (Å²) >= 11 is 10.0. The third-order valence-electron chi connectivity index (χ3n) is 0.698. The molecule has 0 aliphatic heterocycles. The molecule has 0 aromatic carbocycles. The van der Waals surface area contributed by atoms with Gasteiger partial charge in [0, 0.05) is 12.0 Å². The predicted octanol–water partition coefficient (Wildman–Crippen LogP) is 1.56. The molecule has 0 aromatic rings. The van der Waals surface area contributed by atoms with Gasteiger partial charge in [-0.05, 0) is 18.7 Å². The first-order valence-electron chi connectivity index (χ1n) is 2.64. The van der Waals surface area contributed by atoms with E-state index in [-0.39, 0.29) is 0 Å². The van der Waals surface area contributed by atoms with Gasteiger partial charge >= 0.3 is 0 Å². The van der Waals surface area contributed by atoms with E-state index in [1.165, 1.54) is 0 Å². The monoisotopic (exact) mass is 188 g/mol. The summed E-state index contributed by atoms with van der Waals surface area (Å²) in [5.74, 6) is 0.369. The molecular formula is C4H10ClO2PS. The Bertz CT molecular complexity index is 109. The average Bonchev–Trinajstić information content (AvgIpc) is 1.64. The molecule has 0 fully saturated rings. The van der Waals surface area contributed by atoms with Gasteiger partial charge in [-0.1, -0.05) is 0 Å². The van der Waals surface area contributed by atoms with Gasteiger partial charge in [-0.25, -0.2) is 0 Å². The fourth-order valence-corrected chi connectivity index (χ4v) is 2.70. The van der Waals surface area contributed by atoms with E-state index in [0.717, 1.165) is 0 Å². The van der Waals surface area contributed by atoms with Crippen molar-refractivity contribution in [3.63, 3.8) is 0 Å². The second kappa shape index (κ2) is 4.64. The molecule has 0 amide bonds. The fourth-order valence-electron chi connectivity index (χ4n) is 0.373. The molecule has 56 valence electrons. The minimum Gasteiger partial charge on any atom is -0.345 e. The van der Waals surface area contributed by atoms with Gasteiger partial charge in [-0.3, -0.25) is 0 Å². The van der Waals surface area contributed by atoms with E-state index in [1.807, 2.05) is 0 Å². The molecule has 1 atom stereocenters. The lowest BCUT2D eigenvalue weighted by molar-refractivity contribution is 0.328. The number of hydrogen-bond donors (Lipinski definition) is 1. The standard InChI is InChI=1S/C4H10ClO2PS/c1-2-7-8(6,9)4-3-5/h2-4H2,1H3,(H,6,9). The second-order valence-corrected chi connectivity index (χ2v) is 5.54. The summed E-state index contributed by atoms with van der Waals surface area (Å²) in [5, 5.41) is 0. The Balaban J connectivity index is 3.58. The first kappa shape index (κ1) is 9.86. The van der Waals surface area contributed by atoms with E-state index >= 15 is 0 Å². The largest absolute Gasteiger partial charge is 0.345 e. The van der Waals surface area contributed by atoms with Gasteiger partial charge < -0.3 is 9.42 Å². The van der Waals surface area contributed by atoms with Crippen molar-refractivity contribution in [3.05, 3.63) is 0 Å². The molecule has 0 rings (SSSR count). The number of halogens is 1. The Morgan fingerprint density at radius 1 is 1.78 bits per heavy atom. The summed E-state index contributed by atoms with van der Waals surface area (Å²) in [5.41, 5.74) is 0. The van der Waals surface area contributed by atoms with Crippen LogP contribution in [0.15, 0.2) is 0 Å². The van der Waals surface area contributed by atoms with Crippen molar-refractivity contribution in [1.29, 1.82) is 0 Å². The molecular weight excluding hydrogens is 179 g/mol. The number of alkyl halides is 1. The van der Waals surface area contributed by atoms with Crippen molar-refractivity contribution in [3.8, 4) is 0 Å². The van der Waals surface area contributed by atoms with Gasteiger partial charge in [0.15, 0.2) is 6.49 Å². The Labute approximate surface area is 65.3 Å². The SMILES string of the molecule is CCOP(O)(=S)CCCl. The highest BCUT2D eigenvalue weighted by Crippen LogP contribution is 2.41. The normalized spacial score (nSPS) is 17.2. The van der Waals surface area contributed by atoms with E-state index in [4.69, 9.17) is 32.8 Å². The second-order valence-electron chi connectivity index (χ2n) is 1.47. The summed E-state index contributed by atoms with van der Waals surface area (Å²) in [7, 11) is 0. The van der Waals surface area contributed by atoms with Gasteiger partial charge in [-0.2, -0.15) is 0 Å². The Morgan fingerprint density at radius 2 is 2.33 bits per heavy atom. The zero-order valence-electron chi connectivity index (χ0n) is 5.21. The van der Waals surface area contributed by atoms with Crippen LogP contribution in [0.25, 0.3) is 0 Å². The molecule has 0 bridgehead atoms. The minimum absolute atomic E-state index is 0.369. The smallest absolute Gasteiger partial charge is 0.187 e. The van der Waals surface area contributed by atoms with Crippen molar-refractivity contribution >= 4 is 29.9 Å². The molecule has 1 N–H and O–H groups in total. The van der Waals surface area contributed by atoms with Gasteiger partial charge in [0.1, 0.15) is 0 Å². The third kappa shape index (κ3) is 5.31. The van der Waals surface area contributed by atoms with Crippen LogP contribution in [0.3, 0.4) is 0 Å². The van der Waals surface area contributed by atoms with Crippen molar-refractivity contribution in [2.75, 3.05) is 18.6 Å². The maximum absolute atomic E-state index is 9.13. The summed E-state index contributed by atoms with van der Waals surface area (Å²) in [6.07, 6.45) is 0.401. The van der Waals surface area contributed by atoms with Crippen LogP contribution in [-0.2, 0) is 16.3 Å². The summed E-state index contributed by atoms with van der Waals surface area (Å²) in [4.78, 5) is 9.13. The molecule has 0 saturated carbocycles. The number of hydrogen-bond acceptors (Lipinski definition) is 2. The Morgan fingerprint density at radius 3 is 2.67 bits per heavy atom. The summed E-state index contributed by atoms with van der Waals surface area (Å²) in [6.45, 7) is -0.231. The third-order valence-corrected chi connectivity index (χ3v) is 3.46. The highest BCUT2D eigenvalue weighted by Gasteiger charge is 2.09. The fraction of sp³-hybridized carbons (Fsp3) is 1.00. The van der Waals surface area contributed by atoms with E-state index in [0.29, 0.717) is 18.6 Å². The molecule has 0 aliphatic carbocycles. The first-order chi connectivity index (χ1) is 4.12. The lowest BCUT2D eigenvalue weighted by Crippen LogP contribution is -1.94. The highest BCUT2D eigenvalue weighted by atomic mass is 35.5. The maximum Gasteiger partial charge on any atom is 0.187 e. The van der Waals surface area contributed by atoms with Crippen molar-refractivity contribution in [2.45, 2.75) is 6.92 Å². The summed E-state index contributed by atoms with van der Waals surface area (Å²) in [6, 6.07) is 0. The maximum atomic E-state index is 9.13. The van der Waals surface area contributed by atoms with Crippen LogP contribution in [-0.4, -0.2) is 23.5 Å². The van der Waals surface area contributed by atoms with E-state index in [1.54, 1.807) is 6.92 Å². The van der Waals surface area contributed by atoms with E-state index < -0.39 is 6.49 Å². The van der Waals surface area contributed by atoms with Crippen molar-refractivity contribution < 1.29 is 9.42 Å². The lowest BCUT2D eigenvalue weighted by atomic mass is 10.9. The molecule has 2 nitrogen and oxygen atoms in total. The molecule has 9 heavy (non-hydrogen) atoms. The van der Waals surface area contributed by atoms with Crippen LogP contribution in [0.1, 0.15) is 6.92 Å². The zero-order valence-corrected chi connectivity index (χ0v) is 7.68. The van der Waals surface area contributed by atoms with Crippen LogP contribution in [0.2, 0.25) is 0 Å². The van der Waals surface area contributed by atoms with Crippen LogP contribution in [0, 0.1) is 0 Å². The van der Waals surface area contributed by atoms with Crippen LogP contribution in [0.4, 0.5) is 0 Å². The summed E-state index contributed by atoms with van der Waals surface area (Å²) < 4.78 is 4.87. The molecule has 0 aliphatic rings. The Hall–Kier alpha value is 0.860. The molecule has 1 unspecified atom stereocenters. The molecule has 0 heterocycles. The predicted molar refractivity (Wildman–Crippen MR) is 43.7 cm³/mol. The van der Waals surface area contributed by atoms with Gasteiger partial charge in [-0.15, -0.1) is 11.6 Å². The van der Waals surface area contributed by atoms with E-state index in [9.17, 15) is 0 Å². The van der Waals surface area contributed by atoms with Crippen molar-refractivity contribution in [1.82, 2.24) is 0 Å². The van der Waals surface area contributed by atoms with Gasteiger partial charge in [0.25, 0.3) is 0 Å². The minimum atomic E-state index is -2.49.